The second-order valence-electron chi connectivity index (χ2n) is 6.73. The molecular weight excluding hydrogens is 280 g/mol. The third-order valence-electron chi connectivity index (χ3n) is 4.79. The topological polar surface area (TPSA) is 38.0 Å². The van der Waals surface area contributed by atoms with Gasteiger partial charge in [0.05, 0.1) is 0 Å². The minimum atomic E-state index is 0.284. The van der Waals surface area contributed by atoms with Gasteiger partial charge in [0.15, 0.2) is 0 Å². The minimum absolute atomic E-state index is 0.284. The van der Waals surface area contributed by atoms with Crippen LogP contribution in [0.5, 0.6) is 0 Å². The van der Waals surface area contributed by atoms with E-state index in [2.05, 4.69) is 37.4 Å². The van der Waals surface area contributed by atoms with Crippen LogP contribution in [0.1, 0.15) is 87.9 Å². The van der Waals surface area contributed by atoms with Gasteiger partial charge < -0.3 is 11.1 Å². The molecule has 132 valence electrons. The molecule has 0 saturated heterocycles. The van der Waals surface area contributed by atoms with Crippen LogP contribution in [0.25, 0.3) is 0 Å². The molecule has 0 amide bonds. The summed E-state index contributed by atoms with van der Waals surface area (Å²) in [7, 11) is 2.02. The first-order valence-corrected chi connectivity index (χ1v) is 9.75. The monoisotopic (exact) mass is 318 g/mol. The maximum absolute atomic E-state index is 5.99. The van der Waals surface area contributed by atoms with Crippen LogP contribution in [-0.2, 0) is 12.8 Å². The molecule has 0 heterocycles. The van der Waals surface area contributed by atoms with E-state index in [0.29, 0.717) is 6.54 Å². The van der Waals surface area contributed by atoms with Crippen LogP contribution in [-0.4, -0.2) is 13.6 Å². The van der Waals surface area contributed by atoms with Gasteiger partial charge in [-0.3, -0.25) is 0 Å². The SMILES string of the molecule is CCCCCCc1ccc(CCCCCC)c(C(CN)NC)c1. The number of benzene rings is 1. The Morgan fingerprint density at radius 1 is 0.913 bits per heavy atom. The molecule has 0 aliphatic rings. The lowest BCUT2D eigenvalue weighted by molar-refractivity contribution is 0.591. The highest BCUT2D eigenvalue weighted by Crippen LogP contribution is 2.23. The van der Waals surface area contributed by atoms with Crippen molar-refractivity contribution in [1.29, 1.82) is 0 Å². The van der Waals surface area contributed by atoms with Gasteiger partial charge in [-0.05, 0) is 49.4 Å². The minimum Gasteiger partial charge on any atom is -0.329 e. The molecule has 1 atom stereocenters. The van der Waals surface area contributed by atoms with E-state index in [1.807, 2.05) is 7.05 Å². The summed E-state index contributed by atoms with van der Waals surface area (Å²) in [5.41, 5.74) is 10.4. The van der Waals surface area contributed by atoms with Gasteiger partial charge in [0, 0.05) is 12.6 Å². The highest BCUT2D eigenvalue weighted by Gasteiger charge is 2.13. The summed E-state index contributed by atoms with van der Waals surface area (Å²) in [5.74, 6) is 0. The Bertz CT molecular complexity index is 410. The van der Waals surface area contributed by atoms with Crippen molar-refractivity contribution in [3.63, 3.8) is 0 Å². The first-order valence-electron chi connectivity index (χ1n) is 9.75. The maximum Gasteiger partial charge on any atom is 0.0444 e. The van der Waals surface area contributed by atoms with Gasteiger partial charge >= 0.3 is 0 Å². The van der Waals surface area contributed by atoms with E-state index in [1.54, 1.807) is 0 Å². The van der Waals surface area contributed by atoms with Crippen LogP contribution >= 0.6 is 0 Å². The molecule has 0 fully saturated rings. The number of hydrogen-bond donors (Lipinski definition) is 2. The van der Waals surface area contributed by atoms with Gasteiger partial charge in [-0.1, -0.05) is 70.6 Å². The summed E-state index contributed by atoms with van der Waals surface area (Å²) in [6.45, 7) is 5.20. The van der Waals surface area contributed by atoms with E-state index in [-0.39, 0.29) is 6.04 Å². The van der Waals surface area contributed by atoms with Gasteiger partial charge in [0.2, 0.25) is 0 Å². The van der Waals surface area contributed by atoms with Crippen molar-refractivity contribution >= 4 is 0 Å². The Kier molecular flexibility index (Phi) is 11.0. The average Bonchev–Trinajstić information content (AvgIpc) is 2.58. The fourth-order valence-corrected chi connectivity index (χ4v) is 3.25. The zero-order chi connectivity index (χ0) is 16.9. The van der Waals surface area contributed by atoms with Crippen LogP contribution < -0.4 is 11.1 Å². The lowest BCUT2D eigenvalue weighted by atomic mass is 9.92. The molecule has 0 aliphatic carbocycles. The smallest absolute Gasteiger partial charge is 0.0444 e. The summed E-state index contributed by atoms with van der Waals surface area (Å²) in [6, 6.07) is 7.39. The molecule has 2 nitrogen and oxygen atoms in total. The van der Waals surface area contributed by atoms with Crippen molar-refractivity contribution in [2.45, 2.75) is 84.1 Å². The molecule has 2 heteroatoms. The standard InChI is InChI=1S/C21H38N2/c1-4-6-8-10-12-18-14-15-19(13-11-9-7-5-2)20(16-18)21(17-22)23-3/h14-16,21,23H,4-13,17,22H2,1-3H3. The predicted molar refractivity (Wildman–Crippen MR) is 103 cm³/mol. The molecular formula is C21H38N2. The number of nitrogens with two attached hydrogens (primary N) is 1. The number of likely N-dealkylation sites (N-methyl/N-ethyl adjacent to an activating group) is 1. The Morgan fingerprint density at radius 2 is 1.57 bits per heavy atom. The fourth-order valence-electron chi connectivity index (χ4n) is 3.25. The van der Waals surface area contributed by atoms with Crippen LogP contribution in [0.3, 0.4) is 0 Å². The lowest BCUT2D eigenvalue weighted by Gasteiger charge is -2.20. The third kappa shape index (κ3) is 7.50. The second-order valence-corrected chi connectivity index (χ2v) is 6.73. The number of aryl methyl sites for hydroxylation is 2. The number of unbranched alkanes of at least 4 members (excludes halogenated alkanes) is 6. The Hall–Kier alpha value is -0.860. The number of hydrogen-bond acceptors (Lipinski definition) is 2. The number of nitrogens with one attached hydrogen (secondary N) is 1. The zero-order valence-corrected chi connectivity index (χ0v) is 15.7. The lowest BCUT2D eigenvalue weighted by Crippen LogP contribution is -2.26. The van der Waals surface area contributed by atoms with Crippen molar-refractivity contribution < 1.29 is 0 Å². The molecule has 0 aromatic heterocycles. The van der Waals surface area contributed by atoms with E-state index in [1.165, 1.54) is 80.9 Å². The molecule has 1 unspecified atom stereocenters. The van der Waals surface area contributed by atoms with E-state index >= 15 is 0 Å². The quantitative estimate of drug-likeness (QED) is 0.493. The summed E-state index contributed by atoms with van der Waals surface area (Å²) >= 11 is 0. The van der Waals surface area contributed by atoms with Gasteiger partial charge in [0.25, 0.3) is 0 Å². The van der Waals surface area contributed by atoms with E-state index in [4.69, 9.17) is 5.73 Å². The van der Waals surface area contributed by atoms with Crippen LogP contribution in [0, 0.1) is 0 Å². The normalized spacial score (nSPS) is 12.5. The fraction of sp³-hybridized carbons (Fsp3) is 0.714. The molecule has 3 N–H and O–H groups in total. The summed E-state index contributed by atoms with van der Waals surface area (Å²) in [5, 5.41) is 3.39. The Balaban J connectivity index is 2.75. The van der Waals surface area contributed by atoms with Crippen molar-refractivity contribution in [2.24, 2.45) is 5.73 Å². The van der Waals surface area contributed by atoms with E-state index in [9.17, 15) is 0 Å². The molecule has 23 heavy (non-hydrogen) atoms. The van der Waals surface area contributed by atoms with Gasteiger partial charge in [0.1, 0.15) is 0 Å². The molecule has 0 spiro atoms. The highest BCUT2D eigenvalue weighted by atomic mass is 14.9. The molecule has 1 rings (SSSR count). The Labute approximate surface area is 144 Å². The summed E-state index contributed by atoms with van der Waals surface area (Å²) < 4.78 is 0. The number of rotatable bonds is 13. The molecule has 0 saturated carbocycles. The third-order valence-corrected chi connectivity index (χ3v) is 4.79. The molecule has 0 bridgehead atoms. The Morgan fingerprint density at radius 3 is 2.13 bits per heavy atom. The summed E-state index contributed by atoms with van der Waals surface area (Å²) in [6.07, 6.45) is 12.9. The predicted octanol–water partition coefficient (Wildman–Crippen LogP) is 5.15. The highest BCUT2D eigenvalue weighted by molar-refractivity contribution is 5.35. The average molecular weight is 319 g/mol. The van der Waals surface area contributed by atoms with Crippen molar-refractivity contribution in [3.05, 3.63) is 34.9 Å². The maximum atomic E-state index is 5.99. The van der Waals surface area contributed by atoms with Crippen LogP contribution in [0.15, 0.2) is 18.2 Å². The summed E-state index contributed by atoms with van der Waals surface area (Å²) in [4.78, 5) is 0. The second kappa shape index (κ2) is 12.5. The van der Waals surface area contributed by atoms with E-state index < -0.39 is 0 Å². The van der Waals surface area contributed by atoms with Gasteiger partial charge in [-0.25, -0.2) is 0 Å². The first-order chi connectivity index (χ1) is 11.3. The first kappa shape index (κ1) is 20.2. The molecule has 0 radical (unpaired) electrons. The molecule has 1 aromatic carbocycles. The van der Waals surface area contributed by atoms with Crippen molar-refractivity contribution in [1.82, 2.24) is 5.32 Å². The largest absolute Gasteiger partial charge is 0.329 e. The van der Waals surface area contributed by atoms with Gasteiger partial charge in [-0.2, -0.15) is 0 Å². The molecule has 0 aliphatic heterocycles. The van der Waals surface area contributed by atoms with Gasteiger partial charge in [-0.15, -0.1) is 0 Å². The van der Waals surface area contributed by atoms with Crippen molar-refractivity contribution in [2.75, 3.05) is 13.6 Å². The zero-order valence-electron chi connectivity index (χ0n) is 15.7. The van der Waals surface area contributed by atoms with Crippen molar-refractivity contribution in [3.8, 4) is 0 Å². The van der Waals surface area contributed by atoms with E-state index in [0.717, 1.165) is 0 Å². The van der Waals surface area contributed by atoms with Crippen LogP contribution in [0.4, 0.5) is 0 Å². The molecule has 1 aromatic rings. The van der Waals surface area contributed by atoms with Crippen LogP contribution in [0.2, 0.25) is 0 Å².